The zero-order valence-corrected chi connectivity index (χ0v) is 12.7. The van der Waals surface area contributed by atoms with Crippen molar-refractivity contribution in [2.24, 2.45) is 11.8 Å². The summed E-state index contributed by atoms with van der Waals surface area (Å²) in [6.07, 6.45) is 3.97. The molecule has 20 heavy (non-hydrogen) atoms. The van der Waals surface area contributed by atoms with Gasteiger partial charge in [-0.3, -0.25) is 0 Å². The maximum absolute atomic E-state index is 5.81. The zero-order chi connectivity index (χ0) is 14.2. The van der Waals surface area contributed by atoms with Gasteiger partial charge in [0.2, 0.25) is 0 Å². The Morgan fingerprint density at radius 3 is 2.90 bits per heavy atom. The van der Waals surface area contributed by atoms with E-state index in [1.54, 1.807) is 6.26 Å². The highest BCUT2D eigenvalue weighted by Crippen LogP contribution is 2.17. The van der Waals surface area contributed by atoms with Crippen molar-refractivity contribution in [1.82, 2.24) is 5.32 Å². The summed E-state index contributed by atoms with van der Waals surface area (Å²) in [7, 11) is 0. The van der Waals surface area contributed by atoms with Crippen LogP contribution in [0.3, 0.4) is 0 Å². The lowest BCUT2D eigenvalue weighted by atomic mass is 10.0. The molecule has 1 N–H and O–H groups in total. The number of nitrogens with one attached hydrogen (secondary N) is 1. The molecule has 1 saturated heterocycles. The Morgan fingerprint density at radius 2 is 2.15 bits per heavy atom. The first kappa shape index (κ1) is 15.5. The summed E-state index contributed by atoms with van der Waals surface area (Å²) in [5.74, 6) is 2.25. The predicted molar refractivity (Wildman–Crippen MR) is 78.5 cm³/mol. The van der Waals surface area contributed by atoms with Gasteiger partial charge in [-0.1, -0.05) is 13.8 Å². The van der Waals surface area contributed by atoms with Gasteiger partial charge in [0.25, 0.3) is 0 Å². The molecule has 0 bridgehead atoms. The maximum atomic E-state index is 5.81. The minimum atomic E-state index is 0.572. The molecule has 0 aromatic carbocycles. The maximum Gasteiger partial charge on any atom is 0.133 e. The van der Waals surface area contributed by atoms with Crippen LogP contribution >= 0.6 is 0 Å². The topological polar surface area (TPSA) is 43.6 Å². The quantitative estimate of drug-likeness (QED) is 0.795. The van der Waals surface area contributed by atoms with Crippen LogP contribution in [-0.2, 0) is 22.6 Å². The van der Waals surface area contributed by atoms with E-state index < -0.39 is 0 Å². The minimum absolute atomic E-state index is 0.572. The van der Waals surface area contributed by atoms with Gasteiger partial charge in [-0.05, 0) is 37.3 Å². The molecule has 114 valence electrons. The normalized spacial score (nSPS) is 16.9. The van der Waals surface area contributed by atoms with Crippen LogP contribution in [0.2, 0.25) is 0 Å². The van der Waals surface area contributed by atoms with Crippen LogP contribution in [0.4, 0.5) is 0 Å². The summed E-state index contributed by atoms with van der Waals surface area (Å²) in [6, 6.07) is 2.03. The van der Waals surface area contributed by atoms with Crippen molar-refractivity contribution in [3.63, 3.8) is 0 Å². The van der Waals surface area contributed by atoms with Crippen LogP contribution in [0.5, 0.6) is 0 Å². The van der Waals surface area contributed by atoms with Crippen molar-refractivity contribution in [2.75, 3.05) is 26.4 Å². The predicted octanol–water partition coefficient (Wildman–Crippen LogP) is 2.97. The van der Waals surface area contributed by atoms with E-state index in [-0.39, 0.29) is 0 Å². The third-order valence-corrected chi connectivity index (χ3v) is 3.63. The average Bonchev–Trinajstić information content (AvgIpc) is 2.87. The second kappa shape index (κ2) is 8.45. The van der Waals surface area contributed by atoms with Gasteiger partial charge in [0, 0.05) is 25.3 Å². The van der Waals surface area contributed by atoms with Gasteiger partial charge in [0.1, 0.15) is 12.4 Å². The lowest BCUT2D eigenvalue weighted by molar-refractivity contribution is 0.0117. The van der Waals surface area contributed by atoms with Crippen molar-refractivity contribution in [3.05, 3.63) is 23.7 Å². The molecule has 1 aromatic heterocycles. The molecule has 2 heterocycles. The fraction of sp³-hybridized carbons (Fsp3) is 0.750. The monoisotopic (exact) mass is 281 g/mol. The Bertz CT molecular complexity index is 370. The third-order valence-electron chi connectivity index (χ3n) is 3.63. The molecule has 4 heteroatoms. The highest BCUT2D eigenvalue weighted by atomic mass is 16.5. The van der Waals surface area contributed by atoms with E-state index in [1.165, 1.54) is 5.56 Å². The van der Waals surface area contributed by atoms with E-state index in [9.17, 15) is 0 Å². The van der Waals surface area contributed by atoms with Crippen LogP contribution in [0, 0.1) is 11.8 Å². The average molecular weight is 281 g/mol. The Morgan fingerprint density at radius 1 is 1.35 bits per heavy atom. The van der Waals surface area contributed by atoms with Crippen molar-refractivity contribution in [2.45, 2.75) is 39.8 Å². The molecular formula is C16H27NO3. The van der Waals surface area contributed by atoms with E-state index in [2.05, 4.69) is 19.2 Å². The first-order valence-corrected chi connectivity index (χ1v) is 7.67. The summed E-state index contributed by atoms with van der Waals surface area (Å²) in [5.41, 5.74) is 1.21. The molecule has 1 fully saturated rings. The van der Waals surface area contributed by atoms with E-state index in [0.29, 0.717) is 18.4 Å². The van der Waals surface area contributed by atoms with E-state index >= 15 is 0 Å². The molecule has 0 radical (unpaired) electrons. The number of hydrogen-bond acceptors (Lipinski definition) is 4. The Labute approximate surface area is 121 Å². The molecular weight excluding hydrogens is 254 g/mol. The molecule has 0 amide bonds. The largest absolute Gasteiger partial charge is 0.467 e. The van der Waals surface area contributed by atoms with Gasteiger partial charge in [-0.25, -0.2) is 0 Å². The highest BCUT2D eigenvalue weighted by molar-refractivity contribution is 5.16. The second-order valence-electron chi connectivity index (χ2n) is 5.96. The van der Waals surface area contributed by atoms with Crippen LogP contribution < -0.4 is 5.32 Å². The SMILES string of the molecule is CC(C)CNCc1ccoc1COCC1CCOCC1. The Balaban J connectivity index is 1.68. The lowest BCUT2D eigenvalue weighted by Gasteiger charge is -2.21. The molecule has 1 aromatic rings. The van der Waals surface area contributed by atoms with E-state index in [0.717, 1.165) is 51.5 Å². The smallest absolute Gasteiger partial charge is 0.133 e. The van der Waals surface area contributed by atoms with Crippen molar-refractivity contribution in [1.29, 1.82) is 0 Å². The van der Waals surface area contributed by atoms with Gasteiger partial charge in [0.05, 0.1) is 12.9 Å². The molecule has 1 aliphatic heterocycles. The lowest BCUT2D eigenvalue weighted by Crippen LogP contribution is -2.21. The zero-order valence-electron chi connectivity index (χ0n) is 12.7. The molecule has 4 nitrogen and oxygen atoms in total. The van der Waals surface area contributed by atoms with Crippen LogP contribution in [0.25, 0.3) is 0 Å². The fourth-order valence-electron chi connectivity index (χ4n) is 2.38. The molecule has 0 unspecified atom stereocenters. The first-order valence-electron chi connectivity index (χ1n) is 7.67. The third kappa shape index (κ3) is 5.27. The molecule has 1 aliphatic rings. The number of rotatable bonds is 8. The highest BCUT2D eigenvalue weighted by Gasteiger charge is 2.14. The number of ether oxygens (including phenoxy) is 2. The molecule has 0 atom stereocenters. The van der Waals surface area contributed by atoms with E-state index in [1.807, 2.05) is 6.07 Å². The van der Waals surface area contributed by atoms with E-state index in [4.69, 9.17) is 13.9 Å². The van der Waals surface area contributed by atoms with Crippen molar-refractivity contribution >= 4 is 0 Å². The van der Waals surface area contributed by atoms with Crippen molar-refractivity contribution in [3.8, 4) is 0 Å². The van der Waals surface area contributed by atoms with Crippen LogP contribution in [0.1, 0.15) is 38.0 Å². The summed E-state index contributed by atoms with van der Waals surface area (Å²) in [4.78, 5) is 0. The second-order valence-corrected chi connectivity index (χ2v) is 5.96. The van der Waals surface area contributed by atoms with Gasteiger partial charge in [0.15, 0.2) is 0 Å². The number of furan rings is 1. The molecule has 0 aliphatic carbocycles. The first-order chi connectivity index (χ1) is 9.75. The summed E-state index contributed by atoms with van der Waals surface area (Å²) in [6.45, 7) is 9.42. The fourth-order valence-corrected chi connectivity index (χ4v) is 2.38. The summed E-state index contributed by atoms with van der Waals surface area (Å²) >= 11 is 0. The molecule has 0 saturated carbocycles. The number of hydrogen-bond donors (Lipinski definition) is 1. The van der Waals surface area contributed by atoms with Gasteiger partial charge in [-0.2, -0.15) is 0 Å². The van der Waals surface area contributed by atoms with Crippen LogP contribution in [0.15, 0.2) is 16.7 Å². The van der Waals surface area contributed by atoms with Crippen molar-refractivity contribution < 1.29 is 13.9 Å². The Hall–Kier alpha value is -0.840. The van der Waals surface area contributed by atoms with Crippen LogP contribution in [-0.4, -0.2) is 26.4 Å². The summed E-state index contributed by atoms with van der Waals surface area (Å²) in [5, 5.41) is 3.44. The molecule has 2 rings (SSSR count). The molecule has 0 spiro atoms. The van der Waals surface area contributed by atoms with Gasteiger partial charge >= 0.3 is 0 Å². The summed E-state index contributed by atoms with van der Waals surface area (Å²) < 4.78 is 16.7. The minimum Gasteiger partial charge on any atom is -0.467 e. The van der Waals surface area contributed by atoms with Gasteiger partial charge < -0.3 is 19.2 Å². The standard InChI is InChI=1S/C16H27NO3/c1-13(2)9-17-10-15-5-8-20-16(15)12-19-11-14-3-6-18-7-4-14/h5,8,13-14,17H,3-4,6-7,9-12H2,1-2H3. The Kier molecular flexibility index (Phi) is 6.57. The van der Waals surface area contributed by atoms with Gasteiger partial charge in [-0.15, -0.1) is 0 Å².